The number of halogens is 3. The summed E-state index contributed by atoms with van der Waals surface area (Å²) in [7, 11) is 1.79. The fourth-order valence-electron chi connectivity index (χ4n) is 1.08. The van der Waals surface area contributed by atoms with Crippen molar-refractivity contribution in [3.05, 3.63) is 11.6 Å². The topological polar surface area (TPSA) is 82.3 Å². The van der Waals surface area contributed by atoms with E-state index >= 15 is 0 Å². The molecule has 1 aromatic heterocycles. The van der Waals surface area contributed by atoms with E-state index in [4.69, 9.17) is 16.4 Å². The van der Waals surface area contributed by atoms with Crippen molar-refractivity contribution in [1.82, 2.24) is 4.98 Å². The second-order valence-corrected chi connectivity index (χ2v) is 5.21. The molecule has 90 valence electrons. The van der Waals surface area contributed by atoms with Crippen LogP contribution >= 0.6 is 10.7 Å². The maximum absolute atomic E-state index is 12.6. The van der Waals surface area contributed by atoms with Gasteiger partial charge in [-0.1, -0.05) is 0 Å². The lowest BCUT2D eigenvalue weighted by Gasteiger charge is -2.10. The van der Waals surface area contributed by atoms with Crippen LogP contribution in [0.15, 0.2) is 11.0 Å². The Morgan fingerprint density at radius 3 is 2.50 bits per heavy atom. The number of alkyl halides is 2. The molecule has 0 unspecified atom stereocenters. The minimum Gasteiger partial charge on any atom is -0.481 e. The van der Waals surface area contributed by atoms with Gasteiger partial charge in [0.05, 0.1) is 7.11 Å². The largest absolute Gasteiger partial charge is 0.481 e. The summed E-state index contributed by atoms with van der Waals surface area (Å²) in [6.45, 7) is 0. The molecule has 0 bridgehead atoms. The Morgan fingerprint density at radius 1 is 1.56 bits per heavy atom. The molecule has 1 rings (SSSR count). The van der Waals surface area contributed by atoms with Crippen LogP contribution in [0.4, 0.5) is 14.6 Å². The maximum atomic E-state index is 12.6. The number of ether oxygens (including phenoxy) is 1. The number of pyridine rings is 1. The van der Waals surface area contributed by atoms with Crippen LogP contribution in [0.2, 0.25) is 0 Å². The number of anilines is 1. The highest BCUT2D eigenvalue weighted by Gasteiger charge is 2.27. The molecule has 0 aliphatic carbocycles. The molecule has 9 heteroatoms. The van der Waals surface area contributed by atoms with Crippen LogP contribution < -0.4 is 10.5 Å². The van der Waals surface area contributed by atoms with Crippen molar-refractivity contribution in [1.29, 1.82) is 0 Å². The number of methoxy groups -OCH3 is 1. The van der Waals surface area contributed by atoms with Gasteiger partial charge in [-0.3, -0.25) is 0 Å². The van der Waals surface area contributed by atoms with Crippen molar-refractivity contribution < 1.29 is 21.9 Å². The van der Waals surface area contributed by atoms with Gasteiger partial charge < -0.3 is 10.5 Å². The lowest BCUT2D eigenvalue weighted by molar-refractivity contribution is 0.147. The summed E-state index contributed by atoms with van der Waals surface area (Å²) < 4.78 is 51.9. The zero-order valence-electron chi connectivity index (χ0n) is 7.95. The molecule has 16 heavy (non-hydrogen) atoms. The molecule has 5 nitrogen and oxygen atoms in total. The summed E-state index contributed by atoms with van der Waals surface area (Å²) in [4.78, 5) is 2.58. The number of nitrogens with zero attached hydrogens (tertiary/aromatic N) is 1. The average molecular weight is 273 g/mol. The van der Waals surface area contributed by atoms with E-state index < -0.39 is 31.8 Å². The van der Waals surface area contributed by atoms with Gasteiger partial charge in [0.2, 0.25) is 5.88 Å². The zero-order chi connectivity index (χ0) is 12.5. The summed E-state index contributed by atoms with van der Waals surface area (Å²) in [6.07, 6.45) is -3.05. The van der Waals surface area contributed by atoms with Crippen LogP contribution in [0.3, 0.4) is 0 Å². The van der Waals surface area contributed by atoms with Crippen molar-refractivity contribution >= 4 is 25.6 Å². The van der Waals surface area contributed by atoms with Crippen LogP contribution in [0.5, 0.6) is 5.88 Å². The third kappa shape index (κ3) is 2.50. The highest BCUT2D eigenvalue weighted by molar-refractivity contribution is 8.13. The minimum absolute atomic E-state index is 0.211. The summed E-state index contributed by atoms with van der Waals surface area (Å²) in [5, 5.41) is 0. The van der Waals surface area contributed by atoms with E-state index in [0.717, 1.165) is 6.07 Å². The molecule has 0 aliphatic rings. The summed E-state index contributed by atoms with van der Waals surface area (Å²) in [6, 6.07) is 0.774. The third-order valence-electron chi connectivity index (χ3n) is 1.69. The Morgan fingerprint density at radius 2 is 2.12 bits per heavy atom. The molecule has 0 aliphatic heterocycles. The molecular formula is C7H7ClF2N2O3S. The normalized spacial score (nSPS) is 11.8. The van der Waals surface area contributed by atoms with Crippen LogP contribution in [-0.2, 0) is 9.05 Å². The lowest BCUT2D eigenvalue weighted by Crippen LogP contribution is -2.07. The summed E-state index contributed by atoms with van der Waals surface area (Å²) in [5.74, 6) is -0.832. The van der Waals surface area contributed by atoms with Crippen LogP contribution in [0.25, 0.3) is 0 Å². The number of nitrogen functional groups attached to an aromatic ring is 1. The number of aromatic nitrogens is 1. The zero-order valence-corrected chi connectivity index (χ0v) is 9.52. The van der Waals surface area contributed by atoms with E-state index in [0.29, 0.717) is 0 Å². The number of nitrogens with two attached hydrogens (primary N) is 1. The van der Waals surface area contributed by atoms with Gasteiger partial charge in [0, 0.05) is 22.3 Å². The van der Waals surface area contributed by atoms with Crippen molar-refractivity contribution in [2.45, 2.75) is 11.3 Å². The molecule has 0 fully saturated rings. The molecular weight excluding hydrogens is 266 g/mol. The summed E-state index contributed by atoms with van der Waals surface area (Å²) in [5.41, 5.74) is 4.40. The van der Waals surface area contributed by atoms with Gasteiger partial charge >= 0.3 is 0 Å². The molecule has 0 saturated carbocycles. The first-order chi connectivity index (χ1) is 7.27. The maximum Gasteiger partial charge on any atom is 0.265 e. The number of rotatable bonds is 3. The van der Waals surface area contributed by atoms with Gasteiger partial charge in [-0.2, -0.15) is 4.98 Å². The Balaban J connectivity index is 3.59. The van der Waals surface area contributed by atoms with Gasteiger partial charge in [-0.15, -0.1) is 0 Å². The predicted octanol–water partition coefficient (Wildman–Crippen LogP) is 1.54. The number of hydrogen-bond acceptors (Lipinski definition) is 5. The minimum atomic E-state index is -4.38. The highest BCUT2D eigenvalue weighted by Crippen LogP contribution is 2.34. The van der Waals surface area contributed by atoms with Crippen molar-refractivity contribution in [3.8, 4) is 5.88 Å². The molecule has 0 saturated heterocycles. The second kappa shape index (κ2) is 4.38. The van der Waals surface area contributed by atoms with Crippen molar-refractivity contribution in [2.75, 3.05) is 12.8 Å². The van der Waals surface area contributed by atoms with E-state index in [9.17, 15) is 17.2 Å². The van der Waals surface area contributed by atoms with Crippen LogP contribution in [-0.4, -0.2) is 20.5 Å². The molecule has 0 aromatic carbocycles. The first-order valence-electron chi connectivity index (χ1n) is 3.84. The highest BCUT2D eigenvalue weighted by atomic mass is 35.7. The first-order valence-corrected chi connectivity index (χ1v) is 6.15. The predicted molar refractivity (Wildman–Crippen MR) is 53.2 cm³/mol. The number of hydrogen-bond donors (Lipinski definition) is 1. The van der Waals surface area contributed by atoms with E-state index in [2.05, 4.69) is 9.72 Å². The molecule has 0 radical (unpaired) electrons. The molecule has 1 aromatic rings. The van der Waals surface area contributed by atoms with E-state index in [-0.39, 0.29) is 5.88 Å². The monoisotopic (exact) mass is 272 g/mol. The SMILES string of the molecule is COc1cc(C(F)F)c(S(=O)(=O)Cl)c(N)n1. The van der Waals surface area contributed by atoms with Crippen molar-refractivity contribution in [3.63, 3.8) is 0 Å². The van der Waals surface area contributed by atoms with Gasteiger partial charge in [0.15, 0.2) is 0 Å². The van der Waals surface area contributed by atoms with Gasteiger partial charge in [0.1, 0.15) is 10.7 Å². The molecule has 2 N–H and O–H groups in total. The Labute approximate surface area is 94.6 Å². The third-order valence-corrected chi connectivity index (χ3v) is 3.09. The summed E-state index contributed by atoms with van der Waals surface area (Å²) >= 11 is 0. The fraction of sp³-hybridized carbons (Fsp3) is 0.286. The van der Waals surface area contributed by atoms with E-state index in [1.54, 1.807) is 0 Å². The molecule has 1 heterocycles. The molecule has 0 spiro atoms. The average Bonchev–Trinajstić information content (AvgIpc) is 2.14. The Hall–Kier alpha value is -1.15. The first kappa shape index (κ1) is 12.9. The van der Waals surface area contributed by atoms with Crippen LogP contribution in [0, 0.1) is 0 Å². The van der Waals surface area contributed by atoms with Crippen molar-refractivity contribution in [2.24, 2.45) is 0 Å². The lowest BCUT2D eigenvalue weighted by atomic mass is 10.2. The van der Waals surface area contributed by atoms with Gasteiger partial charge in [-0.05, 0) is 0 Å². The molecule has 0 atom stereocenters. The molecule has 0 amide bonds. The van der Waals surface area contributed by atoms with Gasteiger partial charge in [0.25, 0.3) is 15.5 Å². The van der Waals surface area contributed by atoms with E-state index in [1.807, 2.05) is 0 Å². The fourth-order valence-corrected chi connectivity index (χ4v) is 2.31. The quantitative estimate of drug-likeness (QED) is 0.844. The second-order valence-electron chi connectivity index (χ2n) is 2.71. The standard InChI is InChI=1S/C7H7ClF2N2O3S/c1-15-4-2-3(6(9)10)5(7(11)12-4)16(8,13)14/h2,6H,1H3,(H2,11,12). The van der Waals surface area contributed by atoms with E-state index in [1.165, 1.54) is 7.11 Å². The van der Waals surface area contributed by atoms with Crippen LogP contribution in [0.1, 0.15) is 12.0 Å². The Kier molecular flexibility index (Phi) is 3.54. The Bertz CT molecular complexity index is 507. The smallest absolute Gasteiger partial charge is 0.265 e. The van der Waals surface area contributed by atoms with Gasteiger partial charge in [-0.25, -0.2) is 17.2 Å².